The number of hydrogen-bond donors (Lipinski definition) is 0. The summed E-state index contributed by atoms with van der Waals surface area (Å²) in [6.45, 7) is 3.54. The maximum absolute atomic E-state index is 13.0. The molecule has 1 aromatic carbocycles. The van der Waals surface area contributed by atoms with Crippen molar-refractivity contribution in [3.8, 4) is 11.5 Å². The summed E-state index contributed by atoms with van der Waals surface area (Å²) in [6.07, 6.45) is 1.40. The van der Waals surface area contributed by atoms with Gasteiger partial charge in [-0.25, -0.2) is 0 Å². The van der Waals surface area contributed by atoms with Crippen LogP contribution in [0.3, 0.4) is 0 Å². The van der Waals surface area contributed by atoms with Crippen LogP contribution in [-0.2, 0) is 31.0 Å². The van der Waals surface area contributed by atoms with Gasteiger partial charge in [0.15, 0.2) is 23.4 Å². The zero-order valence-electron chi connectivity index (χ0n) is 16.2. The average molecular weight is 385 g/mol. The van der Waals surface area contributed by atoms with Gasteiger partial charge in [0, 0.05) is 25.8 Å². The number of benzene rings is 1. The van der Waals surface area contributed by atoms with Crippen LogP contribution >= 0.6 is 0 Å². The second-order valence-corrected chi connectivity index (χ2v) is 8.39. The summed E-state index contributed by atoms with van der Waals surface area (Å²) in [5, 5.41) is 0. The third kappa shape index (κ3) is 1.95. The molecule has 2 unspecified atom stereocenters. The van der Waals surface area contributed by atoms with Gasteiger partial charge in [-0.15, -0.1) is 0 Å². The average Bonchev–Trinajstić information content (AvgIpc) is 2.97. The van der Waals surface area contributed by atoms with Crippen LogP contribution in [0, 0.1) is 0 Å². The van der Waals surface area contributed by atoms with Crippen LogP contribution in [0.5, 0.6) is 11.5 Å². The van der Waals surface area contributed by atoms with Gasteiger partial charge in [0.1, 0.15) is 5.60 Å². The first kappa shape index (κ1) is 17.7. The lowest BCUT2D eigenvalue weighted by Gasteiger charge is -2.63. The second kappa shape index (κ2) is 5.56. The first-order chi connectivity index (χ1) is 13.3. The lowest BCUT2D eigenvalue weighted by Crippen LogP contribution is -2.77. The number of piperidine rings is 1. The molecule has 1 saturated carbocycles. The Hall–Kier alpha value is -2.41. The molecule has 148 valence electrons. The van der Waals surface area contributed by atoms with Crippen LogP contribution in [0.15, 0.2) is 12.1 Å². The number of ether oxygens (including phenoxy) is 3. The molecule has 0 amide bonds. The Bertz CT molecular complexity index is 926. The van der Waals surface area contributed by atoms with Gasteiger partial charge >= 0.3 is 11.9 Å². The molecule has 28 heavy (non-hydrogen) atoms. The summed E-state index contributed by atoms with van der Waals surface area (Å²) in [7, 11) is 2.04. The largest absolute Gasteiger partial charge is 0.477 e. The maximum Gasteiger partial charge on any atom is 0.308 e. The van der Waals surface area contributed by atoms with E-state index >= 15 is 0 Å². The molecule has 2 aliphatic carbocycles. The van der Waals surface area contributed by atoms with E-state index in [2.05, 4.69) is 4.90 Å². The van der Waals surface area contributed by atoms with Gasteiger partial charge in [-0.2, -0.15) is 0 Å². The fourth-order valence-electron chi connectivity index (χ4n) is 6.19. The molecule has 7 heteroatoms. The van der Waals surface area contributed by atoms with Gasteiger partial charge in [-0.3, -0.25) is 19.3 Å². The van der Waals surface area contributed by atoms with Crippen LogP contribution in [0.2, 0.25) is 0 Å². The SMILES string of the molecule is CC(=O)Oc1ccc2c3c1OC1C(=O)CC[C@@]4(OC(C)=O)C(C2)N(C)CC[C@]314. The zero-order valence-corrected chi connectivity index (χ0v) is 16.2. The number of carbonyl (C=O) groups is 3. The van der Waals surface area contributed by atoms with Crippen LogP contribution in [0.1, 0.15) is 44.2 Å². The number of carbonyl (C=O) groups excluding carboxylic acids is 3. The molecule has 2 fully saturated rings. The predicted octanol–water partition coefficient (Wildman–Crippen LogP) is 1.54. The highest BCUT2D eigenvalue weighted by Crippen LogP contribution is 2.65. The number of Topliss-reactive ketones (excluding diaryl/α,β-unsaturated/α-hetero) is 1. The van der Waals surface area contributed by atoms with E-state index in [1.807, 2.05) is 13.1 Å². The van der Waals surface area contributed by atoms with Gasteiger partial charge in [0.05, 0.1) is 11.5 Å². The number of likely N-dealkylation sites (tertiary alicyclic amines) is 1. The summed E-state index contributed by atoms with van der Waals surface area (Å²) < 4.78 is 17.7. The standard InChI is InChI=1S/C21H23NO6/c1-11(23)26-15-5-4-13-10-16-21(28-12(2)24)7-6-14(25)19-20(21,8-9-22(16)3)17(13)18(15)27-19/h4-5,16,19H,6-10H2,1-3H3/t16?,19?,20-,21+/m0/s1. The molecule has 2 heterocycles. The molecule has 5 rings (SSSR count). The Morgan fingerprint density at radius 1 is 1.21 bits per heavy atom. The van der Waals surface area contributed by atoms with E-state index in [0.29, 0.717) is 37.2 Å². The zero-order chi connectivity index (χ0) is 19.8. The predicted molar refractivity (Wildman–Crippen MR) is 97.3 cm³/mol. The number of ketones is 1. The molecule has 2 bridgehead atoms. The number of nitrogens with zero attached hydrogens (tertiary/aromatic N) is 1. The number of hydrogen-bond acceptors (Lipinski definition) is 7. The fraction of sp³-hybridized carbons (Fsp3) is 0.571. The van der Waals surface area contributed by atoms with Gasteiger partial charge in [-0.1, -0.05) is 6.07 Å². The molecule has 0 N–H and O–H groups in total. The van der Waals surface area contributed by atoms with Gasteiger partial charge in [0.2, 0.25) is 0 Å². The van der Waals surface area contributed by atoms with E-state index < -0.39 is 23.1 Å². The minimum absolute atomic E-state index is 0.0175. The van der Waals surface area contributed by atoms with Gasteiger partial charge < -0.3 is 14.2 Å². The molecular formula is C21H23NO6. The highest BCUT2D eigenvalue weighted by molar-refractivity contribution is 5.90. The van der Waals surface area contributed by atoms with Crippen molar-refractivity contribution in [2.75, 3.05) is 13.6 Å². The monoisotopic (exact) mass is 385 g/mol. The number of esters is 2. The lowest BCUT2D eigenvalue weighted by molar-refractivity contribution is -0.211. The van der Waals surface area contributed by atoms with E-state index in [1.54, 1.807) is 6.07 Å². The first-order valence-electron chi connectivity index (χ1n) is 9.74. The molecule has 7 nitrogen and oxygen atoms in total. The normalized spacial score (nSPS) is 35.0. The molecular weight excluding hydrogens is 362 g/mol. The van der Waals surface area contributed by atoms with Crippen molar-refractivity contribution in [3.63, 3.8) is 0 Å². The Morgan fingerprint density at radius 2 is 2.00 bits per heavy atom. The second-order valence-electron chi connectivity index (χ2n) is 8.39. The van der Waals surface area contributed by atoms with E-state index in [0.717, 1.165) is 17.7 Å². The van der Waals surface area contributed by atoms with E-state index in [-0.39, 0.29) is 17.8 Å². The van der Waals surface area contributed by atoms with E-state index in [1.165, 1.54) is 13.8 Å². The molecule has 1 aromatic rings. The number of rotatable bonds is 2. The highest BCUT2D eigenvalue weighted by atomic mass is 16.6. The van der Waals surface area contributed by atoms with Crippen molar-refractivity contribution in [1.29, 1.82) is 0 Å². The Morgan fingerprint density at radius 3 is 2.71 bits per heavy atom. The van der Waals surface area contributed by atoms with Gasteiger partial charge in [-0.05, 0) is 44.5 Å². The van der Waals surface area contributed by atoms with Crippen molar-refractivity contribution in [2.24, 2.45) is 0 Å². The molecule has 0 aromatic heterocycles. The molecule has 0 radical (unpaired) electrons. The summed E-state index contributed by atoms with van der Waals surface area (Å²) in [5.74, 6) is 0.0240. The fourth-order valence-corrected chi connectivity index (χ4v) is 6.19. The van der Waals surface area contributed by atoms with E-state index in [4.69, 9.17) is 14.2 Å². The Kier molecular flexibility index (Phi) is 3.51. The maximum atomic E-state index is 13.0. The van der Waals surface area contributed by atoms with Crippen LogP contribution < -0.4 is 9.47 Å². The van der Waals surface area contributed by atoms with Crippen LogP contribution in [0.4, 0.5) is 0 Å². The highest BCUT2D eigenvalue weighted by Gasteiger charge is 2.75. The topological polar surface area (TPSA) is 82.1 Å². The van der Waals surface area contributed by atoms with Crippen molar-refractivity contribution in [3.05, 3.63) is 23.3 Å². The summed E-state index contributed by atoms with van der Waals surface area (Å²) >= 11 is 0. The Balaban J connectivity index is 1.81. The summed E-state index contributed by atoms with van der Waals surface area (Å²) in [4.78, 5) is 39.0. The molecule has 4 aliphatic rings. The lowest BCUT2D eigenvalue weighted by atomic mass is 9.49. The quantitative estimate of drug-likeness (QED) is 0.564. The smallest absolute Gasteiger partial charge is 0.308 e. The molecule has 1 spiro atoms. The molecule has 1 saturated heterocycles. The molecule has 2 aliphatic heterocycles. The molecule has 4 atom stereocenters. The third-order valence-corrected chi connectivity index (χ3v) is 7.05. The van der Waals surface area contributed by atoms with Crippen molar-refractivity contribution in [2.45, 2.75) is 62.7 Å². The summed E-state index contributed by atoms with van der Waals surface area (Å²) in [6, 6.07) is 3.66. The summed E-state index contributed by atoms with van der Waals surface area (Å²) in [5.41, 5.74) is 0.416. The van der Waals surface area contributed by atoms with Gasteiger partial charge in [0.25, 0.3) is 0 Å². The first-order valence-corrected chi connectivity index (χ1v) is 9.74. The third-order valence-electron chi connectivity index (χ3n) is 7.05. The van der Waals surface area contributed by atoms with Crippen LogP contribution in [0.25, 0.3) is 0 Å². The van der Waals surface area contributed by atoms with Crippen molar-refractivity contribution in [1.82, 2.24) is 4.90 Å². The Labute approximate surface area is 162 Å². The van der Waals surface area contributed by atoms with Crippen LogP contribution in [-0.4, -0.2) is 54.0 Å². The number of likely N-dealkylation sites (N-methyl/N-ethyl adjacent to an activating group) is 1. The van der Waals surface area contributed by atoms with Crippen molar-refractivity contribution >= 4 is 17.7 Å². The van der Waals surface area contributed by atoms with Crippen molar-refractivity contribution < 1.29 is 28.6 Å². The van der Waals surface area contributed by atoms with E-state index in [9.17, 15) is 14.4 Å². The minimum Gasteiger partial charge on any atom is -0.477 e. The minimum atomic E-state index is -0.822.